The summed E-state index contributed by atoms with van der Waals surface area (Å²) >= 11 is 0. The number of aliphatic carboxylic acids is 2. The molecule has 10 nitrogen and oxygen atoms in total. The first-order valence-electron chi connectivity index (χ1n) is 13.9. The standard InChI is InChI=1S/C24H32N6.2C2HF3O2/c1-18(2)30-17-26-23-22(30)15-21(27-24(23)29-11-5-6-12-29)19-8-13-28(14-9-19)16-20-7-3-4-10-25-20;2*3-2(4,5)1(6)7/h3-4,7,10,15,17-19H,5-6,8-9,11-14,16H2,1-2H3;2*(H,6,7). The number of likely N-dealkylation sites (tertiary alicyclic amines) is 1. The van der Waals surface area contributed by atoms with Crippen molar-refractivity contribution in [2.45, 2.75) is 70.4 Å². The number of nitrogens with zero attached hydrogens (tertiary/aromatic N) is 6. The smallest absolute Gasteiger partial charge is 0.475 e. The molecular weight excluding hydrogens is 598 g/mol. The highest BCUT2D eigenvalue weighted by molar-refractivity contribution is 5.87. The monoisotopic (exact) mass is 632 g/mol. The van der Waals surface area contributed by atoms with Gasteiger partial charge in [-0.3, -0.25) is 9.88 Å². The van der Waals surface area contributed by atoms with Gasteiger partial charge in [-0.1, -0.05) is 6.07 Å². The first-order chi connectivity index (χ1) is 20.6. The molecule has 3 aromatic heterocycles. The first-order valence-corrected chi connectivity index (χ1v) is 13.9. The lowest BCUT2D eigenvalue weighted by molar-refractivity contribution is -0.193. The van der Waals surface area contributed by atoms with Crippen molar-refractivity contribution in [3.8, 4) is 0 Å². The van der Waals surface area contributed by atoms with Gasteiger partial charge in [0.1, 0.15) is 5.52 Å². The minimum absolute atomic E-state index is 0.400. The van der Waals surface area contributed by atoms with Crippen LogP contribution in [0.25, 0.3) is 11.0 Å². The van der Waals surface area contributed by atoms with Gasteiger partial charge in [-0.15, -0.1) is 0 Å². The molecule has 2 saturated heterocycles. The molecule has 0 radical (unpaired) electrons. The summed E-state index contributed by atoms with van der Waals surface area (Å²) < 4.78 is 65.8. The number of carboxylic acid groups (broad SMARTS) is 2. The van der Waals surface area contributed by atoms with Crippen LogP contribution in [0.2, 0.25) is 0 Å². The molecule has 0 saturated carbocycles. The van der Waals surface area contributed by atoms with Crippen LogP contribution in [0.3, 0.4) is 0 Å². The fraction of sp³-hybridized carbons (Fsp3) is 0.536. The summed E-state index contributed by atoms with van der Waals surface area (Å²) in [6.45, 7) is 9.80. The highest BCUT2D eigenvalue weighted by Gasteiger charge is 2.39. The van der Waals surface area contributed by atoms with Crippen molar-refractivity contribution >= 4 is 28.8 Å². The van der Waals surface area contributed by atoms with Crippen molar-refractivity contribution in [3.63, 3.8) is 0 Å². The molecule has 0 bridgehead atoms. The number of aromatic nitrogens is 4. The van der Waals surface area contributed by atoms with E-state index in [1.165, 1.54) is 24.1 Å². The summed E-state index contributed by atoms with van der Waals surface area (Å²) in [6, 6.07) is 8.90. The second-order valence-electron chi connectivity index (χ2n) is 10.7. The van der Waals surface area contributed by atoms with E-state index in [0.29, 0.717) is 12.0 Å². The topological polar surface area (TPSA) is 125 Å². The molecule has 2 aliphatic heterocycles. The van der Waals surface area contributed by atoms with Crippen molar-refractivity contribution in [3.05, 3.63) is 48.2 Å². The number of alkyl halides is 6. The van der Waals surface area contributed by atoms with Gasteiger partial charge in [0.15, 0.2) is 5.82 Å². The summed E-state index contributed by atoms with van der Waals surface area (Å²) in [4.78, 5) is 37.2. The van der Waals surface area contributed by atoms with Crippen LogP contribution < -0.4 is 4.90 Å². The number of anilines is 1. The van der Waals surface area contributed by atoms with E-state index in [2.05, 4.69) is 51.4 Å². The Morgan fingerprint density at radius 1 is 0.932 bits per heavy atom. The number of halogens is 6. The van der Waals surface area contributed by atoms with Crippen LogP contribution >= 0.6 is 0 Å². The number of hydrogen-bond donors (Lipinski definition) is 2. The third kappa shape index (κ3) is 9.53. The number of hydrogen-bond acceptors (Lipinski definition) is 7. The molecule has 2 N–H and O–H groups in total. The predicted molar refractivity (Wildman–Crippen MR) is 148 cm³/mol. The second kappa shape index (κ2) is 14.7. The van der Waals surface area contributed by atoms with E-state index in [1.807, 2.05) is 18.6 Å². The molecule has 0 spiro atoms. The van der Waals surface area contributed by atoms with Crippen LogP contribution in [0.15, 0.2) is 36.8 Å². The zero-order valence-electron chi connectivity index (χ0n) is 24.1. The number of fused-ring (bicyclic) bond motifs is 1. The van der Waals surface area contributed by atoms with Gasteiger partial charge in [0.25, 0.3) is 0 Å². The van der Waals surface area contributed by atoms with Crippen molar-refractivity contribution in [1.82, 2.24) is 24.4 Å². The number of pyridine rings is 2. The highest BCUT2D eigenvalue weighted by Crippen LogP contribution is 2.34. The van der Waals surface area contributed by atoms with Crippen molar-refractivity contribution in [2.75, 3.05) is 31.1 Å². The number of piperidine rings is 1. The van der Waals surface area contributed by atoms with Gasteiger partial charge < -0.3 is 19.7 Å². The van der Waals surface area contributed by atoms with Gasteiger partial charge in [-0.05, 0) is 70.8 Å². The minimum Gasteiger partial charge on any atom is -0.475 e. The Bertz CT molecular complexity index is 1360. The van der Waals surface area contributed by atoms with E-state index >= 15 is 0 Å². The van der Waals surface area contributed by atoms with Gasteiger partial charge in [-0.25, -0.2) is 19.6 Å². The molecule has 0 unspecified atom stereocenters. The first kappa shape index (κ1) is 34.5. The molecule has 242 valence electrons. The van der Waals surface area contributed by atoms with Gasteiger partial charge in [0.2, 0.25) is 0 Å². The Morgan fingerprint density at radius 3 is 1.98 bits per heavy atom. The maximum Gasteiger partial charge on any atom is 0.490 e. The van der Waals surface area contributed by atoms with Crippen molar-refractivity contribution in [1.29, 1.82) is 0 Å². The molecule has 44 heavy (non-hydrogen) atoms. The molecule has 2 aliphatic rings. The maximum absolute atomic E-state index is 10.6. The van der Waals surface area contributed by atoms with E-state index in [9.17, 15) is 26.3 Å². The third-order valence-electron chi connectivity index (χ3n) is 7.13. The van der Waals surface area contributed by atoms with Crippen LogP contribution in [0.5, 0.6) is 0 Å². The Balaban J connectivity index is 0.000000317. The van der Waals surface area contributed by atoms with Gasteiger partial charge in [0.05, 0.1) is 17.5 Å². The lowest BCUT2D eigenvalue weighted by Crippen LogP contribution is -2.33. The Labute approximate surface area is 249 Å². The summed E-state index contributed by atoms with van der Waals surface area (Å²) in [5.41, 5.74) is 4.73. The van der Waals surface area contributed by atoms with E-state index in [0.717, 1.165) is 62.6 Å². The van der Waals surface area contributed by atoms with E-state index in [1.54, 1.807) is 0 Å². The molecule has 0 amide bonds. The van der Waals surface area contributed by atoms with Gasteiger partial charge in [0, 0.05) is 43.5 Å². The fourth-order valence-corrected chi connectivity index (χ4v) is 4.91. The van der Waals surface area contributed by atoms with Crippen LogP contribution in [0, 0.1) is 0 Å². The normalized spacial score (nSPS) is 16.3. The number of imidazole rings is 1. The molecule has 5 heterocycles. The average molecular weight is 633 g/mol. The molecule has 3 aromatic rings. The van der Waals surface area contributed by atoms with E-state index < -0.39 is 24.3 Å². The number of rotatable bonds is 5. The van der Waals surface area contributed by atoms with Gasteiger partial charge in [-0.2, -0.15) is 26.3 Å². The van der Waals surface area contributed by atoms with Crippen LogP contribution in [0.1, 0.15) is 62.9 Å². The Kier molecular flexibility index (Phi) is 11.5. The van der Waals surface area contributed by atoms with Crippen LogP contribution in [-0.2, 0) is 16.1 Å². The summed E-state index contributed by atoms with van der Waals surface area (Å²) in [5, 5.41) is 14.2. The number of carboxylic acids is 2. The highest BCUT2D eigenvalue weighted by atomic mass is 19.4. The molecule has 16 heteroatoms. The van der Waals surface area contributed by atoms with Crippen molar-refractivity contribution < 1.29 is 46.1 Å². The molecule has 0 aromatic carbocycles. The van der Waals surface area contributed by atoms with E-state index in [4.69, 9.17) is 29.8 Å². The van der Waals surface area contributed by atoms with Crippen molar-refractivity contribution in [2.24, 2.45) is 0 Å². The summed E-state index contributed by atoms with van der Waals surface area (Å²) in [5.74, 6) is -3.89. The molecular formula is C28H34F6N6O4. The third-order valence-corrected chi connectivity index (χ3v) is 7.13. The largest absolute Gasteiger partial charge is 0.490 e. The maximum atomic E-state index is 10.6. The molecule has 0 atom stereocenters. The summed E-state index contributed by atoms with van der Waals surface area (Å²) in [7, 11) is 0. The fourth-order valence-electron chi connectivity index (χ4n) is 4.91. The lowest BCUT2D eigenvalue weighted by atomic mass is 9.92. The lowest BCUT2D eigenvalue weighted by Gasteiger charge is -2.32. The zero-order chi connectivity index (χ0) is 32.7. The SMILES string of the molecule is CC(C)n1cnc2c(N3CCCC3)nc(C3CCN(Cc4ccccn4)CC3)cc21.O=C(O)C(F)(F)F.O=C(O)C(F)(F)F. The quantitative estimate of drug-likeness (QED) is 0.343. The summed E-state index contributed by atoms with van der Waals surface area (Å²) in [6.07, 6.45) is -1.47. The molecule has 5 rings (SSSR count). The second-order valence-corrected chi connectivity index (χ2v) is 10.7. The minimum atomic E-state index is -5.08. The predicted octanol–water partition coefficient (Wildman–Crippen LogP) is 5.65. The van der Waals surface area contributed by atoms with E-state index in [-0.39, 0.29) is 0 Å². The zero-order valence-corrected chi connectivity index (χ0v) is 24.1. The number of carbonyl (C=O) groups is 2. The van der Waals surface area contributed by atoms with Gasteiger partial charge >= 0.3 is 24.3 Å². The average Bonchev–Trinajstić information content (AvgIpc) is 3.64. The Hall–Kier alpha value is -3.95. The Morgan fingerprint density at radius 2 is 1.50 bits per heavy atom. The molecule has 0 aliphatic carbocycles. The van der Waals surface area contributed by atoms with Crippen LogP contribution in [-0.4, -0.2) is 85.1 Å². The molecule has 2 fully saturated rings. The van der Waals surface area contributed by atoms with Crippen LogP contribution in [0.4, 0.5) is 32.2 Å².